The summed E-state index contributed by atoms with van der Waals surface area (Å²) in [5.41, 5.74) is 0.478. The number of likely N-dealkylation sites (tertiary alicyclic amines) is 1. The van der Waals surface area contributed by atoms with Gasteiger partial charge in [-0.3, -0.25) is 14.4 Å². The standard InChI is InChI=1S/C35H35N3O5/c39-21-7-6-19-38-31-34(42)37(27-16-15-25-12-4-5-13-26(25)22-27)20-9-17-35(31)30(33(38)41)29-28(43-35)14-8-18-36(32(29)40)23-24-10-2-1-3-11-24/h1-5,8-17,22,28-31,39H,6-7,18-21,23H2/t28-,29+,30-,31?,35-/m0/s1. The lowest BCUT2D eigenvalue weighted by Gasteiger charge is -2.35. The second kappa shape index (κ2) is 11.1. The van der Waals surface area contributed by atoms with Gasteiger partial charge in [-0.1, -0.05) is 85.0 Å². The molecule has 2 fully saturated rings. The predicted molar refractivity (Wildman–Crippen MR) is 163 cm³/mol. The molecule has 1 spiro atoms. The van der Waals surface area contributed by atoms with Gasteiger partial charge in [0.15, 0.2) is 0 Å². The van der Waals surface area contributed by atoms with Crippen LogP contribution in [-0.2, 0) is 25.7 Å². The van der Waals surface area contributed by atoms with Crippen molar-refractivity contribution in [2.24, 2.45) is 11.8 Å². The second-order valence-electron chi connectivity index (χ2n) is 11.8. The van der Waals surface area contributed by atoms with Crippen LogP contribution in [0.15, 0.2) is 97.1 Å². The average molecular weight is 578 g/mol. The molecule has 1 unspecified atom stereocenters. The molecule has 2 saturated heterocycles. The second-order valence-corrected chi connectivity index (χ2v) is 11.8. The first-order valence-electron chi connectivity index (χ1n) is 15.1. The Morgan fingerprint density at radius 1 is 0.837 bits per heavy atom. The molecule has 5 atom stereocenters. The highest BCUT2D eigenvalue weighted by Gasteiger charge is 2.71. The summed E-state index contributed by atoms with van der Waals surface area (Å²) in [6, 6.07) is 22.8. The molecule has 8 nitrogen and oxygen atoms in total. The van der Waals surface area contributed by atoms with Crippen molar-refractivity contribution in [3.8, 4) is 0 Å². The molecule has 3 aromatic carbocycles. The Kier molecular flexibility index (Phi) is 7.11. The number of aliphatic hydroxyl groups excluding tert-OH is 1. The van der Waals surface area contributed by atoms with E-state index >= 15 is 0 Å². The third-order valence-corrected chi connectivity index (χ3v) is 9.31. The van der Waals surface area contributed by atoms with Gasteiger partial charge in [0.25, 0.3) is 5.91 Å². The van der Waals surface area contributed by atoms with E-state index in [2.05, 4.69) is 0 Å². The molecule has 4 aliphatic rings. The van der Waals surface area contributed by atoms with Gasteiger partial charge in [-0.25, -0.2) is 0 Å². The third kappa shape index (κ3) is 4.56. The molecule has 4 heterocycles. The van der Waals surface area contributed by atoms with E-state index in [4.69, 9.17) is 4.74 Å². The summed E-state index contributed by atoms with van der Waals surface area (Å²) >= 11 is 0. The SMILES string of the molecule is O=C1[C@@H]2[C@H](C=CCN1Cc1ccccc1)O[C@]13C=CCN(c4ccc5ccccc5c4)C(=O)C1N(CCCCO)C(=O)[C@H]23. The molecule has 0 bridgehead atoms. The number of fused-ring (bicyclic) bond motifs is 3. The lowest BCUT2D eigenvalue weighted by molar-refractivity contribution is -0.144. The van der Waals surface area contributed by atoms with Crippen molar-refractivity contribution in [3.63, 3.8) is 0 Å². The van der Waals surface area contributed by atoms with Crippen LogP contribution in [0, 0.1) is 11.8 Å². The number of hydrogen-bond donors (Lipinski definition) is 1. The molecular formula is C35H35N3O5. The van der Waals surface area contributed by atoms with E-state index in [-0.39, 0.29) is 24.3 Å². The number of amides is 3. The Bertz CT molecular complexity index is 1620. The molecule has 8 heteroatoms. The summed E-state index contributed by atoms with van der Waals surface area (Å²) in [4.78, 5) is 48.3. The molecule has 3 amide bonds. The van der Waals surface area contributed by atoms with Crippen molar-refractivity contribution >= 4 is 34.2 Å². The summed E-state index contributed by atoms with van der Waals surface area (Å²) in [6.07, 6.45) is 8.04. The first-order chi connectivity index (χ1) is 21.0. The van der Waals surface area contributed by atoms with Crippen LogP contribution in [0.25, 0.3) is 10.8 Å². The highest BCUT2D eigenvalue weighted by Crippen LogP contribution is 2.53. The maximum Gasteiger partial charge on any atom is 0.253 e. The van der Waals surface area contributed by atoms with Gasteiger partial charge < -0.3 is 24.5 Å². The van der Waals surface area contributed by atoms with Crippen molar-refractivity contribution in [2.45, 2.75) is 37.1 Å². The normalized spacial score (nSPS) is 28.2. The van der Waals surface area contributed by atoms with Crippen LogP contribution in [-0.4, -0.2) is 76.6 Å². The first kappa shape index (κ1) is 27.6. The number of benzene rings is 3. The highest BCUT2D eigenvalue weighted by atomic mass is 16.5. The lowest BCUT2D eigenvalue weighted by Crippen LogP contribution is -2.55. The van der Waals surface area contributed by atoms with Crippen LogP contribution >= 0.6 is 0 Å². The molecule has 0 saturated carbocycles. The number of anilines is 1. The summed E-state index contributed by atoms with van der Waals surface area (Å²) in [7, 11) is 0. The fourth-order valence-corrected chi connectivity index (χ4v) is 7.35. The summed E-state index contributed by atoms with van der Waals surface area (Å²) in [5.74, 6) is -2.18. The summed E-state index contributed by atoms with van der Waals surface area (Å²) in [6.45, 7) is 1.47. The van der Waals surface area contributed by atoms with E-state index in [9.17, 15) is 19.5 Å². The van der Waals surface area contributed by atoms with E-state index in [0.29, 0.717) is 39.0 Å². The Morgan fingerprint density at radius 3 is 2.44 bits per heavy atom. The Labute approximate surface area is 250 Å². The van der Waals surface area contributed by atoms with E-state index in [1.165, 1.54) is 0 Å². The first-order valence-corrected chi connectivity index (χ1v) is 15.1. The van der Waals surface area contributed by atoms with Crippen LogP contribution in [0.5, 0.6) is 0 Å². The number of unbranched alkanes of at least 4 members (excludes halogenated alkanes) is 1. The molecule has 220 valence electrons. The van der Waals surface area contributed by atoms with E-state index in [1.807, 2.05) is 97.1 Å². The minimum absolute atomic E-state index is 0.00272. The molecule has 0 aromatic heterocycles. The summed E-state index contributed by atoms with van der Waals surface area (Å²) < 4.78 is 6.76. The Morgan fingerprint density at radius 2 is 1.63 bits per heavy atom. The number of aliphatic hydroxyl groups is 1. The maximum atomic E-state index is 14.6. The lowest BCUT2D eigenvalue weighted by atomic mass is 9.77. The van der Waals surface area contributed by atoms with Gasteiger partial charge in [0.2, 0.25) is 11.8 Å². The minimum Gasteiger partial charge on any atom is -0.396 e. The van der Waals surface area contributed by atoms with Crippen LogP contribution in [0.1, 0.15) is 18.4 Å². The van der Waals surface area contributed by atoms with E-state index in [0.717, 1.165) is 22.0 Å². The monoisotopic (exact) mass is 577 g/mol. The van der Waals surface area contributed by atoms with Crippen molar-refractivity contribution in [1.29, 1.82) is 0 Å². The number of rotatable bonds is 7. The molecule has 3 aromatic rings. The third-order valence-electron chi connectivity index (χ3n) is 9.31. The molecular weight excluding hydrogens is 542 g/mol. The largest absolute Gasteiger partial charge is 0.396 e. The van der Waals surface area contributed by atoms with Crippen LogP contribution in [0.4, 0.5) is 5.69 Å². The molecule has 43 heavy (non-hydrogen) atoms. The molecule has 4 aliphatic heterocycles. The zero-order valence-corrected chi connectivity index (χ0v) is 23.9. The minimum atomic E-state index is -1.27. The maximum absolute atomic E-state index is 14.6. The molecule has 7 rings (SSSR count). The van der Waals surface area contributed by atoms with Crippen molar-refractivity contribution in [1.82, 2.24) is 9.80 Å². The Hall–Kier alpha value is -4.27. The topological polar surface area (TPSA) is 90.4 Å². The average Bonchev–Trinajstić information content (AvgIpc) is 3.34. The smallest absolute Gasteiger partial charge is 0.253 e. The van der Waals surface area contributed by atoms with Gasteiger partial charge in [-0.2, -0.15) is 0 Å². The number of carbonyl (C=O) groups is 3. The number of ether oxygens (including phenoxy) is 1. The van der Waals surface area contributed by atoms with Crippen LogP contribution < -0.4 is 4.90 Å². The van der Waals surface area contributed by atoms with Crippen molar-refractivity contribution < 1.29 is 24.2 Å². The Balaban J connectivity index is 1.27. The van der Waals surface area contributed by atoms with Gasteiger partial charge in [0.1, 0.15) is 11.6 Å². The number of carbonyl (C=O) groups excluding carboxylic acids is 3. The predicted octanol–water partition coefficient (Wildman–Crippen LogP) is 3.69. The number of nitrogens with zero attached hydrogens (tertiary/aromatic N) is 3. The highest BCUT2D eigenvalue weighted by molar-refractivity contribution is 6.06. The fourth-order valence-electron chi connectivity index (χ4n) is 7.35. The van der Waals surface area contributed by atoms with Gasteiger partial charge >= 0.3 is 0 Å². The fraction of sp³-hybridized carbons (Fsp3) is 0.343. The van der Waals surface area contributed by atoms with E-state index < -0.39 is 29.6 Å². The molecule has 0 radical (unpaired) electrons. The van der Waals surface area contributed by atoms with Crippen LogP contribution in [0.2, 0.25) is 0 Å². The van der Waals surface area contributed by atoms with Gasteiger partial charge in [-0.15, -0.1) is 0 Å². The van der Waals surface area contributed by atoms with Gasteiger partial charge in [0.05, 0.1) is 17.9 Å². The zero-order valence-electron chi connectivity index (χ0n) is 23.9. The van der Waals surface area contributed by atoms with E-state index in [1.54, 1.807) is 14.7 Å². The van der Waals surface area contributed by atoms with Gasteiger partial charge in [-0.05, 0) is 41.3 Å². The molecule has 0 aliphatic carbocycles. The summed E-state index contributed by atoms with van der Waals surface area (Å²) in [5, 5.41) is 11.6. The van der Waals surface area contributed by atoms with Crippen LogP contribution in [0.3, 0.4) is 0 Å². The van der Waals surface area contributed by atoms with Crippen molar-refractivity contribution in [3.05, 3.63) is 103 Å². The van der Waals surface area contributed by atoms with Gasteiger partial charge in [0, 0.05) is 38.5 Å². The molecule has 1 N–H and O–H groups in total. The zero-order chi connectivity index (χ0) is 29.6. The quantitative estimate of drug-likeness (QED) is 0.342. The number of hydrogen-bond acceptors (Lipinski definition) is 5. The van der Waals surface area contributed by atoms with Crippen molar-refractivity contribution in [2.75, 3.05) is 31.1 Å².